The number of fused-ring (bicyclic) bond motifs is 6. The van der Waals surface area contributed by atoms with Crippen molar-refractivity contribution in [1.29, 1.82) is 0 Å². The van der Waals surface area contributed by atoms with Crippen LogP contribution in [0.3, 0.4) is 0 Å². The summed E-state index contributed by atoms with van der Waals surface area (Å²) in [5, 5.41) is 18.2. The number of amides is 5. The van der Waals surface area contributed by atoms with Crippen LogP contribution in [0, 0.1) is 64.2 Å². The standard InChI is InChI=1S/C20H30N4O2.2C19H28N4O2.C18H26N4O2.C18H26N4O.C17H24N4O/c1-13-10-11-15-16(21-13)24(14-8-7-9-14)18(22-15)23-17(25)20(5,6)12-26-19(2,3)4;2*1-12(11-25-19(3,4)5)17(24)22-18-21-15-10-9-13(2)20-16(15)23(18)14-7-6-8-14;1-12-8-9-14-16(19-12)22(13-6-5-7-13)17(20-14)21-15(23)10-11-18(2,3)24-4;1-12-8-9-14-16(19-12)22(13-6-5-7-13)17(20-14)21-15(23)10-11-18(2,3)4;1-11-9-10-14-15(18-11)21(13-7-6-8-13)16(20-14)19-12(2)22-17(3,4)5/h10-11,14H,7-9,12H2,1-6H3,(H,22,23,25);2*9-10,12,14H,6-8,11H2,1-5H3,(H,21,22,24);8-9,13H,5-7,10-11H2,1-4H3,(H,20,21,23);8-9,13H,5-7,10-11H2,1-4H3,(H,20,21,23);9-10,13H,2,6-8H2,1,3-5H3,(H,19,20)/t;2*12-;;;/m.10.../s1. The van der Waals surface area contributed by atoms with Gasteiger partial charge in [-0.25, -0.2) is 59.8 Å². The minimum absolute atomic E-state index is 0.0345. The molecule has 6 aliphatic carbocycles. The van der Waals surface area contributed by atoms with E-state index in [-0.39, 0.29) is 74.8 Å². The Balaban J connectivity index is 0.000000146. The van der Waals surface area contributed by atoms with Gasteiger partial charge < -0.3 is 23.7 Å². The van der Waals surface area contributed by atoms with E-state index in [0.717, 1.165) is 178 Å². The second-order valence-electron chi connectivity index (χ2n) is 46.9. The maximum atomic E-state index is 12.9. The highest BCUT2D eigenvalue weighted by Crippen LogP contribution is 2.44. The predicted molar refractivity (Wildman–Crippen MR) is 576 cm³/mol. The molecule has 145 heavy (non-hydrogen) atoms. The first kappa shape index (κ1) is 110. The topological polar surface area (TPSA) is 388 Å². The lowest BCUT2D eigenvalue weighted by atomic mass is 9.90. The van der Waals surface area contributed by atoms with Crippen LogP contribution < -0.4 is 31.9 Å². The van der Waals surface area contributed by atoms with E-state index < -0.39 is 5.41 Å². The molecule has 0 saturated heterocycles. The van der Waals surface area contributed by atoms with E-state index in [1.807, 2.05) is 239 Å². The number of hydrogen-bond acceptors (Lipinski definition) is 23. The number of imidazole rings is 6. The van der Waals surface area contributed by atoms with E-state index in [1.54, 1.807) is 7.11 Å². The molecule has 6 N–H and O–H groups in total. The van der Waals surface area contributed by atoms with Crippen LogP contribution in [0.4, 0.5) is 35.7 Å². The van der Waals surface area contributed by atoms with Crippen molar-refractivity contribution in [2.24, 2.45) is 22.7 Å². The van der Waals surface area contributed by atoms with Gasteiger partial charge in [0.1, 0.15) is 38.7 Å². The smallest absolute Gasteiger partial charge is 0.234 e. The van der Waals surface area contributed by atoms with Gasteiger partial charge in [-0.15, -0.1) is 0 Å². The highest BCUT2D eigenvalue weighted by molar-refractivity contribution is 5.97. The number of carbonyl (C=O) groups is 5. The number of pyridine rings is 6. The first-order chi connectivity index (χ1) is 68.1. The minimum Gasteiger partial charge on any atom is -0.474 e. The molecule has 0 bridgehead atoms. The fourth-order valence-electron chi connectivity index (χ4n) is 16.9. The third kappa shape index (κ3) is 29.6. The van der Waals surface area contributed by atoms with Crippen LogP contribution >= 0.6 is 0 Å². The zero-order valence-corrected chi connectivity index (χ0v) is 91.6. The third-order valence-corrected chi connectivity index (χ3v) is 27.1. The van der Waals surface area contributed by atoms with Gasteiger partial charge in [-0.05, 0) is 366 Å². The number of hydrogen-bond donors (Lipinski definition) is 6. The molecule has 786 valence electrons. The van der Waals surface area contributed by atoms with Crippen LogP contribution in [-0.4, -0.2) is 172 Å². The van der Waals surface area contributed by atoms with Crippen LogP contribution in [0.15, 0.2) is 85.3 Å². The summed E-state index contributed by atoms with van der Waals surface area (Å²) in [4.78, 5) is 118. The fraction of sp³-hybridized carbons (Fsp3) is 0.613. The van der Waals surface area contributed by atoms with Crippen molar-refractivity contribution < 1.29 is 47.7 Å². The van der Waals surface area contributed by atoms with Gasteiger partial charge in [0, 0.05) is 90.4 Å². The van der Waals surface area contributed by atoms with Gasteiger partial charge in [0.2, 0.25) is 65.2 Å². The monoisotopic (exact) mass is 1990 g/mol. The molecule has 18 rings (SSSR count). The van der Waals surface area contributed by atoms with E-state index in [0.29, 0.717) is 111 Å². The lowest BCUT2D eigenvalue weighted by Crippen LogP contribution is -2.38. The maximum Gasteiger partial charge on any atom is 0.234 e. The number of nitrogens with zero attached hydrogens (tertiary/aromatic N) is 18. The van der Waals surface area contributed by atoms with Crippen LogP contribution in [0.2, 0.25) is 0 Å². The summed E-state index contributed by atoms with van der Waals surface area (Å²) in [6.07, 6.45) is 23.2. The summed E-state index contributed by atoms with van der Waals surface area (Å²) >= 11 is 0. The summed E-state index contributed by atoms with van der Waals surface area (Å²) in [5.74, 6) is 3.63. The Bertz CT molecular complexity index is 6420. The lowest BCUT2D eigenvalue weighted by molar-refractivity contribution is -0.131. The first-order valence-corrected chi connectivity index (χ1v) is 52.4. The van der Waals surface area contributed by atoms with Crippen molar-refractivity contribution >= 4 is 132 Å². The van der Waals surface area contributed by atoms with Crippen molar-refractivity contribution in [2.45, 2.75) is 392 Å². The molecule has 2 atom stereocenters. The van der Waals surface area contributed by atoms with Crippen molar-refractivity contribution in [3.63, 3.8) is 0 Å². The van der Waals surface area contributed by atoms with Gasteiger partial charge >= 0.3 is 0 Å². The van der Waals surface area contributed by atoms with Gasteiger partial charge in [0.15, 0.2) is 39.8 Å². The fourth-order valence-corrected chi connectivity index (χ4v) is 16.9. The van der Waals surface area contributed by atoms with Crippen LogP contribution in [0.1, 0.15) is 357 Å². The lowest BCUT2D eigenvalue weighted by Gasteiger charge is -2.31. The largest absolute Gasteiger partial charge is 0.474 e. The van der Waals surface area contributed by atoms with Crippen LogP contribution in [-0.2, 0) is 47.7 Å². The summed E-state index contributed by atoms with van der Waals surface area (Å²) in [7, 11) is 1.67. The number of carbonyl (C=O) groups excluding carboxylic acids is 5. The molecule has 34 heteroatoms. The number of aryl methyl sites for hydroxylation is 6. The quantitative estimate of drug-likeness (QED) is 0.0237. The molecule has 34 nitrogen and oxygen atoms in total. The van der Waals surface area contributed by atoms with E-state index in [4.69, 9.17) is 23.7 Å². The van der Waals surface area contributed by atoms with Gasteiger partial charge in [-0.1, -0.05) is 34.6 Å². The molecule has 12 heterocycles. The molecule has 0 radical (unpaired) electrons. The molecule has 12 aromatic rings. The Labute approximate surface area is 855 Å². The summed E-state index contributed by atoms with van der Waals surface area (Å²) in [6, 6.07) is 26.0. The highest BCUT2D eigenvalue weighted by Gasteiger charge is 2.38. The maximum absolute atomic E-state index is 12.9. The van der Waals surface area contributed by atoms with Crippen molar-refractivity contribution in [3.05, 3.63) is 119 Å². The summed E-state index contributed by atoms with van der Waals surface area (Å²) in [6.45, 7) is 58.8. The SMILES string of the molecule is C=C(Nc1nc2ccc(C)nc2n1C1CCC1)OC(C)(C)C.COC(C)(C)CCC(=O)Nc1nc2ccc(C)nc2n1C1CCC1.Cc1ccc2nc(NC(=O)C(C)(C)COC(C)(C)C)n(C3CCC3)c2n1.Cc1ccc2nc(NC(=O)CCC(C)(C)C)n(C3CCC3)c2n1.Cc1ccc2nc(NC(=O)[C@@H](C)COC(C)(C)C)n(C3CCC3)c2n1.Cc1ccc2nc(NC(=O)[C@H](C)COC(C)(C)C)n(C3CCC3)c2n1. The van der Waals surface area contributed by atoms with Crippen LogP contribution in [0.5, 0.6) is 0 Å². The Morgan fingerprint density at radius 3 is 0.800 bits per heavy atom. The van der Waals surface area contributed by atoms with E-state index in [2.05, 4.69) is 146 Å². The van der Waals surface area contributed by atoms with Crippen molar-refractivity contribution in [1.82, 2.24) is 87.2 Å². The molecule has 0 aliphatic heterocycles. The molecular weight excluding hydrogens is 1830 g/mol. The average Bonchev–Trinajstić information content (AvgIpc) is 1.63. The molecular formula is C111H162N24O10. The van der Waals surface area contributed by atoms with Crippen molar-refractivity contribution in [2.75, 3.05) is 58.8 Å². The zero-order valence-electron chi connectivity index (χ0n) is 91.6. The number of aromatic nitrogens is 18. The molecule has 5 amide bonds. The van der Waals surface area contributed by atoms with Gasteiger partial charge in [0.05, 0.1) is 59.5 Å². The third-order valence-electron chi connectivity index (χ3n) is 27.1. The van der Waals surface area contributed by atoms with Crippen LogP contribution in [0.25, 0.3) is 67.0 Å². The predicted octanol–water partition coefficient (Wildman–Crippen LogP) is 24.0. The van der Waals surface area contributed by atoms with Gasteiger partial charge in [-0.3, -0.25) is 83.3 Å². The zero-order chi connectivity index (χ0) is 105. The van der Waals surface area contributed by atoms with E-state index in [1.165, 1.54) is 51.4 Å². The minimum atomic E-state index is -0.654. The second kappa shape index (κ2) is 46.1. The summed E-state index contributed by atoms with van der Waals surface area (Å²) < 4.78 is 41.2. The second-order valence-corrected chi connectivity index (χ2v) is 46.9. The number of ether oxygens (including phenoxy) is 5. The van der Waals surface area contributed by atoms with E-state index >= 15 is 0 Å². The Kier molecular flexibility index (Phi) is 35.1. The van der Waals surface area contributed by atoms with Gasteiger partial charge in [-0.2, -0.15) is 0 Å². The number of rotatable bonds is 29. The number of nitrogens with one attached hydrogen (secondary N) is 6. The highest BCUT2D eigenvalue weighted by atomic mass is 16.5. The molecule has 0 spiro atoms. The Hall–Kier alpha value is -11.8. The average molecular weight is 1990 g/mol. The molecule has 6 fully saturated rings. The Morgan fingerprint density at radius 1 is 0.331 bits per heavy atom. The molecule has 6 aliphatic rings. The van der Waals surface area contributed by atoms with Crippen molar-refractivity contribution in [3.8, 4) is 0 Å². The Morgan fingerprint density at radius 2 is 0.572 bits per heavy atom. The molecule has 6 saturated carbocycles. The number of anilines is 6. The molecule has 0 unspecified atom stereocenters. The first-order valence-electron chi connectivity index (χ1n) is 52.4. The number of methoxy groups -OCH3 is 1. The van der Waals surface area contributed by atoms with Gasteiger partial charge in [0.25, 0.3) is 0 Å². The van der Waals surface area contributed by atoms with E-state index in [9.17, 15) is 24.0 Å². The normalized spacial score (nSPS) is 16.0. The molecule has 12 aromatic heterocycles. The summed E-state index contributed by atoms with van der Waals surface area (Å²) in [5.41, 5.74) is 14.3. The molecule has 0 aromatic carbocycles.